The van der Waals surface area contributed by atoms with Crippen LogP contribution in [0.15, 0.2) is 24.3 Å². The second-order valence-electron chi connectivity index (χ2n) is 10.8. The maximum Gasteiger partial charge on any atom is 0.224 e. The summed E-state index contributed by atoms with van der Waals surface area (Å²) < 4.78 is 16.9. The van der Waals surface area contributed by atoms with Crippen LogP contribution in [0.4, 0.5) is 5.69 Å². The van der Waals surface area contributed by atoms with Gasteiger partial charge in [-0.1, -0.05) is 20.8 Å². The number of amides is 1. The van der Waals surface area contributed by atoms with Crippen molar-refractivity contribution >= 4 is 23.2 Å². The number of methoxy groups -OCH3 is 2. The van der Waals surface area contributed by atoms with Gasteiger partial charge >= 0.3 is 0 Å². The van der Waals surface area contributed by atoms with Crippen molar-refractivity contribution in [1.29, 1.82) is 5.41 Å². The SMILES string of the molecule is CCOc1cc2c(cc1CC(=O)NC)C(=N)N(CC(=O)c1cc(N(C)CCOC)c(OC)c(C(C)(C)C)c1)C2. The van der Waals surface area contributed by atoms with E-state index in [0.29, 0.717) is 37.6 Å². The summed E-state index contributed by atoms with van der Waals surface area (Å²) in [6, 6.07) is 7.52. The second-order valence-corrected chi connectivity index (χ2v) is 10.8. The first-order valence-corrected chi connectivity index (χ1v) is 13.2. The van der Waals surface area contributed by atoms with E-state index in [1.54, 1.807) is 26.2 Å². The molecule has 2 aromatic carbocycles. The molecule has 0 fully saturated rings. The second kappa shape index (κ2) is 12.5. The number of nitrogens with one attached hydrogen (secondary N) is 2. The van der Waals surface area contributed by atoms with E-state index in [4.69, 9.17) is 19.6 Å². The van der Waals surface area contributed by atoms with Crippen LogP contribution in [0.25, 0.3) is 0 Å². The van der Waals surface area contributed by atoms with Crippen molar-refractivity contribution in [2.45, 2.75) is 46.1 Å². The molecule has 0 radical (unpaired) electrons. The number of anilines is 1. The Morgan fingerprint density at radius 2 is 1.87 bits per heavy atom. The van der Waals surface area contributed by atoms with E-state index in [1.165, 1.54) is 0 Å². The molecule has 0 unspecified atom stereocenters. The lowest BCUT2D eigenvalue weighted by atomic mass is 9.84. The topological polar surface area (TPSA) is 104 Å². The summed E-state index contributed by atoms with van der Waals surface area (Å²) in [4.78, 5) is 29.6. The molecule has 3 rings (SSSR count). The molecule has 0 saturated heterocycles. The Morgan fingerprint density at radius 3 is 2.46 bits per heavy atom. The van der Waals surface area contributed by atoms with Crippen LogP contribution in [0.1, 0.15) is 60.3 Å². The van der Waals surface area contributed by atoms with Gasteiger partial charge < -0.3 is 29.3 Å². The van der Waals surface area contributed by atoms with E-state index in [-0.39, 0.29) is 35.9 Å². The highest BCUT2D eigenvalue weighted by Gasteiger charge is 2.30. The number of ketones is 1. The summed E-state index contributed by atoms with van der Waals surface area (Å²) in [7, 11) is 6.86. The molecular formula is C30H42N4O5. The molecule has 9 heteroatoms. The Morgan fingerprint density at radius 1 is 1.15 bits per heavy atom. The lowest BCUT2D eigenvalue weighted by Gasteiger charge is -2.29. The largest absolute Gasteiger partial charge is 0.494 e. The van der Waals surface area contributed by atoms with E-state index in [0.717, 1.165) is 33.7 Å². The van der Waals surface area contributed by atoms with Crippen molar-refractivity contribution in [3.8, 4) is 11.5 Å². The number of likely N-dealkylation sites (N-methyl/N-ethyl adjacent to an activating group) is 2. The smallest absolute Gasteiger partial charge is 0.224 e. The average molecular weight is 539 g/mol. The minimum atomic E-state index is -0.258. The summed E-state index contributed by atoms with van der Waals surface area (Å²) in [6.45, 7) is 10.3. The lowest BCUT2D eigenvalue weighted by molar-refractivity contribution is -0.119. The number of fused-ring (bicyclic) bond motifs is 1. The molecule has 0 spiro atoms. The van der Waals surface area contributed by atoms with Crippen molar-refractivity contribution in [1.82, 2.24) is 10.2 Å². The Bertz CT molecular complexity index is 1230. The molecule has 2 aromatic rings. The number of hydrogen-bond acceptors (Lipinski definition) is 7. The highest BCUT2D eigenvalue weighted by molar-refractivity contribution is 6.06. The number of nitrogens with zero attached hydrogens (tertiary/aromatic N) is 2. The Balaban J connectivity index is 1.94. The molecule has 39 heavy (non-hydrogen) atoms. The Kier molecular flexibility index (Phi) is 9.61. The van der Waals surface area contributed by atoms with Gasteiger partial charge in [-0.25, -0.2) is 0 Å². The van der Waals surface area contributed by atoms with Crippen LogP contribution < -0.4 is 19.7 Å². The maximum atomic E-state index is 13.7. The predicted octanol–water partition coefficient (Wildman–Crippen LogP) is 3.79. The zero-order valence-electron chi connectivity index (χ0n) is 24.5. The van der Waals surface area contributed by atoms with E-state index < -0.39 is 0 Å². The fraction of sp³-hybridized carbons (Fsp3) is 0.500. The average Bonchev–Trinajstić information content (AvgIpc) is 3.19. The molecule has 0 bridgehead atoms. The fourth-order valence-electron chi connectivity index (χ4n) is 4.74. The summed E-state index contributed by atoms with van der Waals surface area (Å²) in [5, 5.41) is 11.5. The molecule has 1 aliphatic heterocycles. The molecule has 0 aromatic heterocycles. The molecule has 1 amide bonds. The monoisotopic (exact) mass is 538 g/mol. The molecule has 0 saturated carbocycles. The molecular weight excluding hydrogens is 496 g/mol. The van der Waals surface area contributed by atoms with Gasteiger partial charge in [0.05, 0.1) is 39.0 Å². The van der Waals surface area contributed by atoms with Crippen LogP contribution in [-0.2, 0) is 27.9 Å². The van der Waals surface area contributed by atoms with Gasteiger partial charge in [0.15, 0.2) is 5.78 Å². The quantitative estimate of drug-likeness (QED) is 0.396. The standard InChI is InChI=1S/C30H42N4O5/c1-9-39-26-15-21-17-34(29(31)22(21)12-20(26)16-27(36)32-5)18-25(35)19-13-23(30(2,3)4)28(38-8)24(14-19)33(6)10-11-37-7/h12-15,31H,9-11,16-18H2,1-8H3,(H,32,36). The maximum absolute atomic E-state index is 13.7. The van der Waals surface area contributed by atoms with Crippen LogP contribution in [0, 0.1) is 5.41 Å². The van der Waals surface area contributed by atoms with Gasteiger partial charge in [-0.2, -0.15) is 0 Å². The van der Waals surface area contributed by atoms with Gasteiger partial charge in [-0.05, 0) is 42.2 Å². The summed E-state index contributed by atoms with van der Waals surface area (Å²) >= 11 is 0. The number of rotatable bonds is 12. The molecule has 1 heterocycles. The van der Waals surface area contributed by atoms with E-state index in [1.807, 2.05) is 43.1 Å². The molecule has 2 N–H and O–H groups in total. The molecule has 212 valence electrons. The van der Waals surface area contributed by atoms with E-state index in [2.05, 4.69) is 26.1 Å². The summed E-state index contributed by atoms with van der Waals surface area (Å²) in [6.07, 6.45) is 0.159. The highest BCUT2D eigenvalue weighted by atomic mass is 16.5. The zero-order chi connectivity index (χ0) is 28.9. The molecule has 0 atom stereocenters. The minimum absolute atomic E-state index is 0.0550. The number of hydrogen-bond donors (Lipinski definition) is 2. The van der Waals surface area contributed by atoms with Crippen molar-refractivity contribution in [3.05, 3.63) is 52.1 Å². The first-order chi connectivity index (χ1) is 18.4. The fourth-order valence-corrected chi connectivity index (χ4v) is 4.74. The lowest BCUT2D eigenvalue weighted by Crippen LogP contribution is -2.31. The third-order valence-corrected chi connectivity index (χ3v) is 6.93. The zero-order valence-corrected chi connectivity index (χ0v) is 24.5. The van der Waals surface area contributed by atoms with E-state index >= 15 is 0 Å². The van der Waals surface area contributed by atoms with Gasteiger partial charge in [0, 0.05) is 56.5 Å². The number of carbonyl (C=O) groups is 2. The van der Waals surface area contributed by atoms with Crippen molar-refractivity contribution in [2.24, 2.45) is 0 Å². The summed E-state index contributed by atoms with van der Waals surface area (Å²) in [5.41, 5.74) is 4.42. The molecule has 0 aliphatic carbocycles. The van der Waals surface area contributed by atoms with Gasteiger partial charge in [0.25, 0.3) is 0 Å². The third-order valence-electron chi connectivity index (χ3n) is 6.93. The normalized spacial score (nSPS) is 12.8. The van der Waals surface area contributed by atoms with Gasteiger partial charge in [0.1, 0.15) is 17.3 Å². The van der Waals surface area contributed by atoms with Gasteiger partial charge in [-0.15, -0.1) is 0 Å². The minimum Gasteiger partial charge on any atom is -0.494 e. The highest BCUT2D eigenvalue weighted by Crippen LogP contribution is 2.40. The van der Waals surface area contributed by atoms with Crippen LogP contribution in [0.5, 0.6) is 11.5 Å². The molecule has 1 aliphatic rings. The first kappa shape index (κ1) is 30.0. The van der Waals surface area contributed by atoms with Crippen molar-refractivity contribution in [3.63, 3.8) is 0 Å². The summed E-state index contributed by atoms with van der Waals surface area (Å²) in [5.74, 6) is 1.42. The van der Waals surface area contributed by atoms with Gasteiger partial charge in [-0.3, -0.25) is 15.0 Å². The number of amidine groups is 1. The number of carbonyl (C=O) groups excluding carboxylic acids is 2. The van der Waals surface area contributed by atoms with Crippen molar-refractivity contribution in [2.75, 3.05) is 59.5 Å². The van der Waals surface area contributed by atoms with Crippen molar-refractivity contribution < 1.29 is 23.8 Å². The number of ether oxygens (including phenoxy) is 3. The predicted molar refractivity (Wildman–Crippen MR) is 154 cm³/mol. The Labute approximate surface area is 231 Å². The van der Waals surface area contributed by atoms with Gasteiger partial charge in [0.2, 0.25) is 5.91 Å². The van der Waals surface area contributed by atoms with Crippen LogP contribution in [0.3, 0.4) is 0 Å². The van der Waals surface area contributed by atoms with Crippen LogP contribution in [0.2, 0.25) is 0 Å². The van der Waals surface area contributed by atoms with Crippen LogP contribution >= 0.6 is 0 Å². The van der Waals surface area contributed by atoms with Crippen LogP contribution in [-0.4, -0.2) is 77.0 Å². The molecule has 9 nitrogen and oxygen atoms in total. The Hall–Kier alpha value is -3.59. The third kappa shape index (κ3) is 6.71. The first-order valence-electron chi connectivity index (χ1n) is 13.2. The number of Topliss-reactive ketones (excluding diaryl/α,β-unsaturated/α-hetero) is 1. The number of benzene rings is 2. The van der Waals surface area contributed by atoms with E-state index in [9.17, 15) is 9.59 Å².